The smallest absolute Gasteiger partial charge is 0.341 e. The van der Waals surface area contributed by atoms with Crippen LogP contribution in [0.4, 0.5) is 10.1 Å². The molecule has 13 nitrogen and oxygen atoms in total. The molecule has 0 unspecified atom stereocenters. The van der Waals surface area contributed by atoms with Crippen molar-refractivity contribution in [2.24, 2.45) is 0 Å². The first kappa shape index (κ1) is 29.1. The van der Waals surface area contributed by atoms with Gasteiger partial charge in [0.2, 0.25) is 5.43 Å². The Bertz CT molecular complexity index is 1140. The number of aromatic nitrogens is 1. The van der Waals surface area contributed by atoms with Gasteiger partial charge in [-0.15, -0.1) is 0 Å². The Labute approximate surface area is 204 Å². The van der Waals surface area contributed by atoms with Crippen molar-refractivity contribution in [3.05, 3.63) is 39.9 Å². The fourth-order valence-corrected chi connectivity index (χ4v) is 3.63. The third-order valence-corrected chi connectivity index (χ3v) is 5.69. The molecule has 0 radical (unpaired) electrons. The number of aromatic carboxylic acids is 1. The predicted molar refractivity (Wildman–Crippen MR) is 125 cm³/mol. The topological polar surface area (TPSA) is 213 Å². The molecule has 1 aliphatic heterocycles. The van der Waals surface area contributed by atoms with Gasteiger partial charge in [0.15, 0.2) is 6.10 Å². The summed E-state index contributed by atoms with van der Waals surface area (Å²) in [4.78, 5) is 35.5. The number of aliphatic hydroxyl groups excluding tert-OH is 5. The Hall–Kier alpha value is -3.14. The zero-order valence-electron chi connectivity index (χ0n) is 19.4. The van der Waals surface area contributed by atoms with Gasteiger partial charge in [-0.25, -0.2) is 14.0 Å². The van der Waals surface area contributed by atoms with Crippen LogP contribution in [0.2, 0.25) is 0 Å². The average Bonchev–Trinajstić information content (AvgIpc) is 2.87. The largest absolute Gasteiger partial charge is 0.479 e. The van der Waals surface area contributed by atoms with Gasteiger partial charge in [0, 0.05) is 44.3 Å². The van der Waals surface area contributed by atoms with Crippen molar-refractivity contribution in [2.75, 3.05) is 37.7 Å². The van der Waals surface area contributed by atoms with E-state index in [-0.39, 0.29) is 10.9 Å². The zero-order chi connectivity index (χ0) is 27.2. The van der Waals surface area contributed by atoms with E-state index in [1.165, 1.54) is 6.20 Å². The molecule has 0 amide bonds. The number of aryl methyl sites for hydroxylation is 1. The summed E-state index contributed by atoms with van der Waals surface area (Å²) in [6.45, 7) is 4.42. The Balaban J connectivity index is 0.000000302. The minimum absolute atomic E-state index is 0.100. The van der Waals surface area contributed by atoms with Crippen molar-refractivity contribution < 1.29 is 49.7 Å². The van der Waals surface area contributed by atoms with Crippen molar-refractivity contribution in [1.29, 1.82) is 0 Å². The van der Waals surface area contributed by atoms with E-state index in [0.29, 0.717) is 30.8 Å². The number of halogens is 1. The molecule has 1 aliphatic rings. The molecule has 0 aliphatic carbocycles. The van der Waals surface area contributed by atoms with Crippen molar-refractivity contribution in [1.82, 2.24) is 9.88 Å². The highest BCUT2D eigenvalue weighted by atomic mass is 19.1. The molecule has 0 saturated carbocycles. The van der Waals surface area contributed by atoms with Crippen molar-refractivity contribution >= 4 is 28.5 Å². The maximum Gasteiger partial charge on any atom is 0.341 e. The van der Waals surface area contributed by atoms with Crippen LogP contribution in [0.1, 0.15) is 17.3 Å². The number of carboxylic acids is 2. The fourth-order valence-electron chi connectivity index (χ4n) is 3.63. The molecule has 200 valence electrons. The van der Waals surface area contributed by atoms with E-state index in [1.54, 1.807) is 10.6 Å². The van der Waals surface area contributed by atoms with Crippen LogP contribution in [0.15, 0.2) is 23.1 Å². The number of aliphatic carboxylic acids is 1. The van der Waals surface area contributed by atoms with E-state index >= 15 is 0 Å². The predicted octanol–water partition coefficient (Wildman–Crippen LogP) is -2.22. The maximum atomic E-state index is 14.5. The number of fused-ring (bicyclic) bond motifs is 1. The lowest BCUT2D eigenvalue weighted by Gasteiger charge is -2.30. The SMILES string of the molecule is CCn1cc(C(=O)O)c(=O)c2cc(F)c(N3CCNCC3)cc21.O=C(O)[C@H](O)[C@@H](O)[C@H](O)[C@H](O)CO. The molecular weight excluding hydrogens is 485 g/mol. The molecule has 1 aromatic carbocycles. The monoisotopic (exact) mass is 515 g/mol. The number of anilines is 1. The van der Waals surface area contributed by atoms with Gasteiger partial charge in [-0.05, 0) is 19.1 Å². The van der Waals surface area contributed by atoms with Crippen molar-refractivity contribution in [3.8, 4) is 0 Å². The summed E-state index contributed by atoms with van der Waals surface area (Å²) >= 11 is 0. The van der Waals surface area contributed by atoms with Crippen LogP contribution in [-0.2, 0) is 11.3 Å². The van der Waals surface area contributed by atoms with E-state index in [0.717, 1.165) is 19.2 Å². The second-order valence-electron chi connectivity index (χ2n) is 8.04. The Kier molecular flexibility index (Phi) is 10.3. The number of nitrogens with zero attached hydrogens (tertiary/aromatic N) is 2. The normalized spacial score (nSPS) is 17.0. The maximum absolute atomic E-state index is 14.5. The molecule has 0 bridgehead atoms. The second-order valence-corrected chi connectivity index (χ2v) is 8.04. The van der Waals surface area contributed by atoms with Crippen LogP contribution >= 0.6 is 0 Å². The highest BCUT2D eigenvalue weighted by Crippen LogP contribution is 2.25. The molecule has 36 heavy (non-hydrogen) atoms. The lowest BCUT2D eigenvalue weighted by Crippen LogP contribution is -2.48. The van der Waals surface area contributed by atoms with Crippen LogP contribution in [0.25, 0.3) is 10.9 Å². The third-order valence-electron chi connectivity index (χ3n) is 5.69. The number of benzene rings is 1. The van der Waals surface area contributed by atoms with Gasteiger partial charge in [0.05, 0.1) is 17.8 Å². The number of nitrogens with one attached hydrogen (secondary N) is 1. The minimum atomic E-state index is -2.20. The summed E-state index contributed by atoms with van der Waals surface area (Å²) in [6.07, 6.45) is -6.51. The van der Waals surface area contributed by atoms with Gasteiger partial charge >= 0.3 is 11.9 Å². The second kappa shape index (κ2) is 12.7. The molecule has 0 spiro atoms. The summed E-state index contributed by atoms with van der Waals surface area (Å²) in [5.74, 6) is -3.52. The third kappa shape index (κ3) is 6.54. The van der Waals surface area contributed by atoms with Gasteiger partial charge in [-0.1, -0.05) is 0 Å². The molecule has 1 aromatic heterocycles. The molecule has 2 aromatic rings. The van der Waals surface area contributed by atoms with E-state index in [2.05, 4.69) is 5.32 Å². The number of carboxylic acid groups (broad SMARTS) is 2. The number of carbonyl (C=O) groups is 2. The number of rotatable bonds is 8. The van der Waals surface area contributed by atoms with E-state index in [9.17, 15) is 18.8 Å². The van der Waals surface area contributed by atoms with Gasteiger partial charge in [-0.2, -0.15) is 0 Å². The summed E-state index contributed by atoms with van der Waals surface area (Å²) in [5.41, 5.74) is 0.0118. The lowest BCUT2D eigenvalue weighted by molar-refractivity contribution is -0.164. The van der Waals surface area contributed by atoms with E-state index in [4.69, 9.17) is 35.7 Å². The quantitative estimate of drug-likeness (QED) is 0.188. The highest BCUT2D eigenvalue weighted by molar-refractivity contribution is 5.93. The Morgan fingerprint density at radius 2 is 1.69 bits per heavy atom. The first-order valence-corrected chi connectivity index (χ1v) is 11.1. The number of pyridine rings is 1. The first-order valence-electron chi connectivity index (χ1n) is 11.1. The van der Waals surface area contributed by atoms with Crippen LogP contribution in [0.5, 0.6) is 0 Å². The van der Waals surface area contributed by atoms with E-state index < -0.39 is 54.2 Å². The average molecular weight is 515 g/mol. The summed E-state index contributed by atoms with van der Waals surface area (Å²) in [7, 11) is 0. The van der Waals surface area contributed by atoms with Crippen molar-refractivity contribution in [2.45, 2.75) is 37.9 Å². The van der Waals surface area contributed by atoms with Crippen LogP contribution in [-0.4, -0.2) is 109 Å². The molecule has 1 fully saturated rings. The Morgan fingerprint density at radius 3 is 2.19 bits per heavy atom. The molecule has 8 N–H and O–H groups in total. The van der Waals surface area contributed by atoms with Crippen LogP contribution in [0.3, 0.4) is 0 Å². The standard InChI is InChI=1S/C16H18FN3O3.C6H12O7/c1-2-19-9-11(16(22)23)15(21)10-7-12(17)14(8-13(10)19)20-5-3-18-4-6-20;7-1-2(8)3(9)4(10)5(11)6(12)13/h7-9,18H,2-6H2,1H3,(H,22,23);2-5,7-11H,1H2,(H,12,13)/t;2-,3-,4+,5-/m.1/s1. The summed E-state index contributed by atoms with van der Waals surface area (Å²) in [5, 5.41) is 64.3. The molecule has 1 saturated heterocycles. The van der Waals surface area contributed by atoms with Gasteiger partial charge in [0.25, 0.3) is 0 Å². The number of hydrogen-bond acceptors (Lipinski definition) is 10. The van der Waals surface area contributed by atoms with Gasteiger partial charge in [-0.3, -0.25) is 4.79 Å². The molecule has 4 atom stereocenters. The minimum Gasteiger partial charge on any atom is -0.479 e. The number of piperazine rings is 1. The number of aliphatic hydroxyl groups is 5. The van der Waals surface area contributed by atoms with Gasteiger partial charge < -0.3 is 50.5 Å². The van der Waals surface area contributed by atoms with Gasteiger partial charge in [0.1, 0.15) is 29.7 Å². The van der Waals surface area contributed by atoms with Crippen LogP contribution in [0, 0.1) is 5.82 Å². The van der Waals surface area contributed by atoms with Crippen molar-refractivity contribution in [3.63, 3.8) is 0 Å². The molecule has 3 rings (SSSR count). The zero-order valence-corrected chi connectivity index (χ0v) is 19.4. The Morgan fingerprint density at radius 1 is 1.08 bits per heavy atom. The summed E-state index contributed by atoms with van der Waals surface area (Å²) in [6, 6.07) is 2.81. The summed E-state index contributed by atoms with van der Waals surface area (Å²) < 4.78 is 16.2. The first-order chi connectivity index (χ1) is 16.9. The van der Waals surface area contributed by atoms with Crippen LogP contribution < -0.4 is 15.6 Å². The molecular formula is C22H30FN3O10. The lowest BCUT2D eigenvalue weighted by atomic mass is 10.0. The molecule has 2 heterocycles. The van der Waals surface area contributed by atoms with E-state index in [1.807, 2.05) is 11.8 Å². The number of hydrogen-bond donors (Lipinski definition) is 8. The molecule has 14 heteroatoms. The highest BCUT2D eigenvalue weighted by Gasteiger charge is 2.33. The fraction of sp³-hybridized carbons (Fsp3) is 0.500.